The van der Waals surface area contributed by atoms with E-state index in [2.05, 4.69) is 10.6 Å². The van der Waals surface area contributed by atoms with Crippen molar-refractivity contribution >= 4 is 29.3 Å². The van der Waals surface area contributed by atoms with E-state index >= 15 is 0 Å². The van der Waals surface area contributed by atoms with Crippen LogP contribution in [0.3, 0.4) is 0 Å². The molecule has 1 atom stereocenters. The summed E-state index contributed by atoms with van der Waals surface area (Å²) < 4.78 is 11.6. The molecule has 1 aliphatic rings. The van der Waals surface area contributed by atoms with Crippen LogP contribution in [0.1, 0.15) is 12.5 Å². The van der Waals surface area contributed by atoms with Crippen LogP contribution in [0.15, 0.2) is 53.4 Å². The predicted molar refractivity (Wildman–Crippen MR) is 87.6 cm³/mol. The van der Waals surface area contributed by atoms with Crippen molar-refractivity contribution in [2.75, 3.05) is 5.32 Å². The number of para-hydroxylation sites is 1. The maximum absolute atomic E-state index is 12.9. The molecule has 2 aromatic rings. The van der Waals surface area contributed by atoms with Crippen LogP contribution in [0, 0.1) is 5.82 Å². The Bertz CT molecular complexity index is 763. The summed E-state index contributed by atoms with van der Waals surface area (Å²) in [7, 11) is 0. The van der Waals surface area contributed by atoms with E-state index in [1.165, 1.54) is 23.9 Å². The highest BCUT2D eigenvalue weighted by Gasteiger charge is 2.45. The van der Waals surface area contributed by atoms with Gasteiger partial charge in [0.05, 0.1) is 5.69 Å². The first-order valence-corrected chi connectivity index (χ1v) is 7.93. The number of halogens is 1. The molecule has 2 N–H and O–H groups in total. The monoisotopic (exact) mass is 330 g/mol. The minimum Gasteiger partial charge on any atom is -0.350 e. The van der Waals surface area contributed by atoms with Crippen LogP contribution < -0.4 is 10.6 Å². The Hall–Kier alpha value is -2.34. The molecular formula is C17H15FN2O2S. The van der Waals surface area contributed by atoms with E-state index in [0.29, 0.717) is 5.69 Å². The van der Waals surface area contributed by atoms with Crippen LogP contribution in [0.5, 0.6) is 0 Å². The van der Waals surface area contributed by atoms with Crippen LogP contribution >= 0.6 is 11.8 Å². The summed E-state index contributed by atoms with van der Waals surface area (Å²) in [5, 5.41) is 5.51. The number of hydrogen-bond donors (Lipinski definition) is 2. The number of carbonyl (C=O) groups excluding carboxylic acids is 2. The third-order valence-electron chi connectivity index (χ3n) is 3.68. The maximum Gasteiger partial charge on any atom is 0.250 e. The van der Waals surface area contributed by atoms with Crippen LogP contribution in [0.4, 0.5) is 10.1 Å². The van der Waals surface area contributed by atoms with Crippen molar-refractivity contribution in [3.63, 3.8) is 0 Å². The fourth-order valence-electron chi connectivity index (χ4n) is 2.27. The first kappa shape index (κ1) is 15.6. The number of rotatable bonds is 3. The van der Waals surface area contributed by atoms with E-state index < -0.39 is 4.75 Å². The van der Waals surface area contributed by atoms with Gasteiger partial charge >= 0.3 is 0 Å². The fourth-order valence-corrected chi connectivity index (χ4v) is 3.39. The molecule has 23 heavy (non-hydrogen) atoms. The number of thioether (sulfide) groups is 1. The Morgan fingerprint density at radius 1 is 1.22 bits per heavy atom. The summed E-state index contributed by atoms with van der Waals surface area (Å²) in [6.07, 6.45) is 0. The number of anilines is 1. The number of nitrogens with one attached hydrogen (secondary N) is 2. The van der Waals surface area contributed by atoms with E-state index in [0.717, 1.165) is 10.5 Å². The Kier molecular flexibility index (Phi) is 4.09. The molecule has 2 amide bonds. The fraction of sp³-hybridized carbons (Fsp3) is 0.176. The van der Waals surface area contributed by atoms with Gasteiger partial charge in [-0.05, 0) is 36.8 Å². The van der Waals surface area contributed by atoms with Gasteiger partial charge in [-0.25, -0.2) is 4.39 Å². The molecule has 0 saturated heterocycles. The van der Waals surface area contributed by atoms with E-state index in [1.54, 1.807) is 25.1 Å². The smallest absolute Gasteiger partial charge is 0.250 e. The van der Waals surface area contributed by atoms with Gasteiger partial charge in [0.2, 0.25) is 11.8 Å². The summed E-state index contributed by atoms with van der Waals surface area (Å²) in [5.41, 5.74) is 1.48. The standard InChI is InChI=1S/C17H15FN2O2S/c1-17(15(21)19-10-11-6-8-12(18)9-7-11)16(22)20-13-4-2-3-5-14(13)23-17/h2-9H,10H2,1H3,(H,19,21)(H,20,22). The first-order chi connectivity index (χ1) is 11.0. The average molecular weight is 330 g/mol. The molecule has 4 nitrogen and oxygen atoms in total. The molecule has 0 spiro atoms. The third-order valence-corrected chi connectivity index (χ3v) is 5.04. The number of amides is 2. The van der Waals surface area contributed by atoms with Crippen molar-refractivity contribution in [2.45, 2.75) is 23.1 Å². The molecule has 0 fully saturated rings. The highest BCUT2D eigenvalue weighted by Crippen LogP contribution is 2.42. The molecule has 1 heterocycles. The van der Waals surface area contributed by atoms with E-state index in [4.69, 9.17) is 0 Å². The first-order valence-electron chi connectivity index (χ1n) is 7.11. The number of hydrogen-bond acceptors (Lipinski definition) is 3. The third kappa shape index (κ3) is 3.07. The predicted octanol–water partition coefficient (Wildman–Crippen LogP) is 2.95. The molecule has 0 aliphatic carbocycles. The quantitative estimate of drug-likeness (QED) is 0.851. The lowest BCUT2D eigenvalue weighted by Gasteiger charge is -2.31. The molecule has 1 aliphatic heterocycles. The highest BCUT2D eigenvalue weighted by molar-refractivity contribution is 8.02. The molecule has 118 valence electrons. The van der Waals surface area contributed by atoms with Crippen molar-refractivity contribution in [3.8, 4) is 0 Å². The second-order valence-electron chi connectivity index (χ2n) is 5.39. The van der Waals surface area contributed by atoms with Gasteiger partial charge < -0.3 is 10.6 Å². The Balaban J connectivity index is 1.73. The Morgan fingerprint density at radius 2 is 1.91 bits per heavy atom. The lowest BCUT2D eigenvalue weighted by Crippen LogP contribution is -2.51. The van der Waals surface area contributed by atoms with Gasteiger partial charge in [-0.15, -0.1) is 0 Å². The van der Waals surface area contributed by atoms with E-state index in [9.17, 15) is 14.0 Å². The van der Waals surface area contributed by atoms with Gasteiger partial charge in [0.15, 0.2) is 4.75 Å². The molecule has 6 heteroatoms. The van der Waals surface area contributed by atoms with Crippen LogP contribution in [0.2, 0.25) is 0 Å². The van der Waals surface area contributed by atoms with Gasteiger partial charge in [-0.2, -0.15) is 0 Å². The number of fused-ring (bicyclic) bond motifs is 1. The second kappa shape index (κ2) is 6.04. The molecule has 0 bridgehead atoms. The molecule has 2 aromatic carbocycles. The summed E-state index contributed by atoms with van der Waals surface area (Å²) in [6, 6.07) is 13.2. The van der Waals surface area contributed by atoms with Crippen molar-refractivity contribution in [1.82, 2.24) is 5.32 Å². The van der Waals surface area contributed by atoms with Gasteiger partial charge in [-0.1, -0.05) is 36.0 Å². The zero-order valence-corrected chi connectivity index (χ0v) is 13.2. The summed E-state index contributed by atoms with van der Waals surface area (Å²) in [5.74, 6) is -1.05. The lowest BCUT2D eigenvalue weighted by molar-refractivity contribution is -0.130. The minimum absolute atomic E-state index is 0.240. The van der Waals surface area contributed by atoms with E-state index in [-0.39, 0.29) is 24.2 Å². The zero-order valence-electron chi connectivity index (χ0n) is 12.4. The zero-order chi connectivity index (χ0) is 16.4. The average Bonchev–Trinajstić information content (AvgIpc) is 2.55. The normalized spacial score (nSPS) is 19.7. The summed E-state index contributed by atoms with van der Waals surface area (Å²) in [6.45, 7) is 1.84. The molecule has 3 rings (SSSR count). The summed E-state index contributed by atoms with van der Waals surface area (Å²) in [4.78, 5) is 25.7. The van der Waals surface area contributed by atoms with Gasteiger partial charge in [0, 0.05) is 11.4 Å². The van der Waals surface area contributed by atoms with Crippen LogP contribution in [0.25, 0.3) is 0 Å². The highest BCUT2D eigenvalue weighted by atomic mass is 32.2. The van der Waals surface area contributed by atoms with Crippen molar-refractivity contribution in [2.24, 2.45) is 0 Å². The van der Waals surface area contributed by atoms with Crippen molar-refractivity contribution in [1.29, 1.82) is 0 Å². The SMILES string of the molecule is CC1(C(=O)NCc2ccc(F)cc2)Sc2ccccc2NC1=O. The van der Waals surface area contributed by atoms with Gasteiger partial charge in [0.1, 0.15) is 5.82 Å². The maximum atomic E-state index is 12.9. The van der Waals surface area contributed by atoms with Gasteiger partial charge in [0.25, 0.3) is 0 Å². The number of carbonyl (C=O) groups is 2. The lowest BCUT2D eigenvalue weighted by atomic mass is 10.1. The molecular weight excluding hydrogens is 315 g/mol. The minimum atomic E-state index is -1.24. The summed E-state index contributed by atoms with van der Waals surface area (Å²) >= 11 is 1.23. The number of benzene rings is 2. The molecule has 0 radical (unpaired) electrons. The van der Waals surface area contributed by atoms with Crippen molar-refractivity contribution < 1.29 is 14.0 Å². The molecule has 1 unspecified atom stereocenters. The molecule has 0 saturated carbocycles. The van der Waals surface area contributed by atoms with Crippen molar-refractivity contribution in [3.05, 3.63) is 59.9 Å². The molecule has 0 aromatic heterocycles. The van der Waals surface area contributed by atoms with Crippen LogP contribution in [-0.4, -0.2) is 16.6 Å². The van der Waals surface area contributed by atoms with E-state index in [1.807, 2.05) is 18.2 Å². The van der Waals surface area contributed by atoms with Gasteiger partial charge in [-0.3, -0.25) is 9.59 Å². The Morgan fingerprint density at radius 3 is 2.65 bits per heavy atom. The Labute approximate surface area is 137 Å². The largest absolute Gasteiger partial charge is 0.350 e. The second-order valence-corrected chi connectivity index (χ2v) is 6.86. The topological polar surface area (TPSA) is 58.2 Å². The van der Waals surface area contributed by atoms with Crippen LogP contribution in [-0.2, 0) is 16.1 Å².